The molecule has 3 aliphatic heterocycles. The highest BCUT2D eigenvalue weighted by Crippen LogP contribution is 2.66. The number of rotatable bonds is 5. The molecule has 4 fully saturated rings. The Hall–Kier alpha value is 0.0249. The van der Waals surface area contributed by atoms with Gasteiger partial charge in [0.25, 0.3) is 0 Å². The molecule has 2 bridgehead atoms. The van der Waals surface area contributed by atoms with Gasteiger partial charge >= 0.3 is 0 Å². The summed E-state index contributed by atoms with van der Waals surface area (Å²) in [4.78, 5) is 2.91. The summed E-state index contributed by atoms with van der Waals surface area (Å²) in [5, 5.41) is 0.627. The maximum atomic E-state index is 2.91. The molecule has 1 radical (unpaired) electrons. The first kappa shape index (κ1) is 18.8. The summed E-state index contributed by atoms with van der Waals surface area (Å²) in [6.45, 7) is 11.1. The van der Waals surface area contributed by atoms with Crippen LogP contribution in [0.15, 0.2) is 0 Å². The fourth-order valence-corrected chi connectivity index (χ4v) is 6.77. The van der Waals surface area contributed by atoms with Crippen molar-refractivity contribution in [2.24, 2.45) is 11.8 Å². The standard InChI is InChI=1S/C22H41BN/c1-5-7-10-14-20-17(3)16-22-15-12-9-8-11-13-19(22)21(23-22)18(4)24(20)6-2/h17-21H,5-16H2,1-4H3. The van der Waals surface area contributed by atoms with Crippen LogP contribution in [0.1, 0.15) is 98.3 Å². The Morgan fingerprint density at radius 1 is 1.04 bits per heavy atom. The van der Waals surface area contributed by atoms with Gasteiger partial charge in [-0.15, -0.1) is 0 Å². The van der Waals surface area contributed by atoms with Gasteiger partial charge < -0.3 is 0 Å². The number of hydrogen-bond acceptors (Lipinski definition) is 1. The van der Waals surface area contributed by atoms with E-state index in [1.807, 2.05) is 0 Å². The third-order valence-electron chi connectivity index (χ3n) is 7.97. The molecule has 0 amide bonds. The van der Waals surface area contributed by atoms with Gasteiger partial charge in [0.15, 0.2) is 0 Å². The Kier molecular flexibility index (Phi) is 6.38. The van der Waals surface area contributed by atoms with Crippen molar-refractivity contribution < 1.29 is 0 Å². The zero-order valence-electron chi connectivity index (χ0n) is 16.9. The Morgan fingerprint density at radius 2 is 1.83 bits per heavy atom. The molecule has 4 rings (SSSR count). The van der Waals surface area contributed by atoms with E-state index < -0.39 is 0 Å². The summed E-state index contributed by atoms with van der Waals surface area (Å²) in [6, 6.07) is 1.60. The lowest BCUT2D eigenvalue weighted by Crippen LogP contribution is -2.61. The molecule has 0 aromatic rings. The number of fused-ring (bicyclic) bond motifs is 4. The third-order valence-corrected chi connectivity index (χ3v) is 7.97. The lowest BCUT2D eigenvalue weighted by atomic mass is 9.22. The van der Waals surface area contributed by atoms with Crippen LogP contribution in [0.5, 0.6) is 0 Å². The van der Waals surface area contributed by atoms with Crippen molar-refractivity contribution in [1.82, 2.24) is 4.90 Å². The minimum Gasteiger partial charge on any atom is -0.298 e. The summed E-state index contributed by atoms with van der Waals surface area (Å²) in [7, 11) is 2.86. The van der Waals surface area contributed by atoms with E-state index in [0.29, 0.717) is 5.31 Å². The van der Waals surface area contributed by atoms with E-state index in [-0.39, 0.29) is 0 Å². The zero-order chi connectivity index (χ0) is 17.2. The quantitative estimate of drug-likeness (QED) is 0.421. The van der Waals surface area contributed by atoms with Gasteiger partial charge in [0.2, 0.25) is 0 Å². The molecule has 0 aromatic carbocycles. The molecule has 0 N–H and O–H groups in total. The lowest BCUT2D eigenvalue weighted by molar-refractivity contribution is 0.0187. The molecule has 137 valence electrons. The molecule has 6 atom stereocenters. The van der Waals surface area contributed by atoms with Gasteiger partial charge in [-0.25, -0.2) is 0 Å². The van der Waals surface area contributed by atoms with Crippen LogP contribution < -0.4 is 0 Å². The summed E-state index contributed by atoms with van der Waals surface area (Å²) in [6.07, 6.45) is 16.1. The Morgan fingerprint density at radius 3 is 2.58 bits per heavy atom. The SMILES string of the molecule is CCCCCC1C(C)CC23[B]C(C(C)N1CC)C2CCCCCC3. The first-order valence-corrected chi connectivity index (χ1v) is 11.2. The summed E-state index contributed by atoms with van der Waals surface area (Å²) >= 11 is 0. The largest absolute Gasteiger partial charge is 0.298 e. The number of nitrogens with zero attached hydrogens (tertiary/aromatic N) is 1. The second kappa shape index (κ2) is 8.15. The van der Waals surface area contributed by atoms with Crippen LogP contribution in [0.4, 0.5) is 0 Å². The summed E-state index contributed by atoms with van der Waals surface area (Å²) in [5.41, 5.74) is 0. The minimum absolute atomic E-state index is 0.627. The first-order valence-electron chi connectivity index (χ1n) is 11.2. The highest BCUT2D eigenvalue weighted by Gasteiger charge is 2.58. The topological polar surface area (TPSA) is 3.24 Å². The summed E-state index contributed by atoms with van der Waals surface area (Å²) < 4.78 is 0. The highest BCUT2D eigenvalue weighted by atomic mass is 15.2. The van der Waals surface area contributed by atoms with E-state index in [1.54, 1.807) is 0 Å². The average Bonchev–Trinajstić information content (AvgIpc) is 2.55. The van der Waals surface area contributed by atoms with Gasteiger partial charge in [-0.2, -0.15) is 0 Å². The van der Waals surface area contributed by atoms with Gasteiger partial charge in [0.1, 0.15) is 7.28 Å². The van der Waals surface area contributed by atoms with Gasteiger partial charge in [0.05, 0.1) is 0 Å². The molecule has 3 heterocycles. The fourth-order valence-electron chi connectivity index (χ4n) is 6.77. The molecule has 2 heteroatoms. The van der Waals surface area contributed by atoms with Gasteiger partial charge in [-0.3, -0.25) is 4.90 Å². The molecule has 6 unspecified atom stereocenters. The maximum Gasteiger partial charge on any atom is 0.124 e. The van der Waals surface area contributed by atoms with Crippen molar-refractivity contribution in [3.63, 3.8) is 0 Å². The lowest BCUT2D eigenvalue weighted by Gasteiger charge is -2.64. The van der Waals surface area contributed by atoms with Gasteiger partial charge in [-0.1, -0.05) is 96.1 Å². The van der Waals surface area contributed by atoms with E-state index in [1.165, 1.54) is 77.2 Å². The summed E-state index contributed by atoms with van der Waals surface area (Å²) in [5.74, 6) is 2.74. The predicted octanol–water partition coefficient (Wildman–Crippen LogP) is 6.32. The average molecular weight is 330 g/mol. The molecule has 1 nitrogen and oxygen atoms in total. The number of hydrogen-bond donors (Lipinski definition) is 0. The maximum absolute atomic E-state index is 2.91. The zero-order valence-corrected chi connectivity index (χ0v) is 16.9. The van der Waals surface area contributed by atoms with Crippen LogP contribution in [-0.4, -0.2) is 30.8 Å². The molecule has 1 aliphatic carbocycles. The number of unbranched alkanes of at least 4 members (excludes halogenated alkanes) is 2. The first-order chi connectivity index (χ1) is 11.6. The van der Waals surface area contributed by atoms with E-state index in [4.69, 9.17) is 0 Å². The van der Waals surface area contributed by atoms with Crippen molar-refractivity contribution in [2.75, 3.05) is 6.54 Å². The van der Waals surface area contributed by atoms with Crippen molar-refractivity contribution in [3.05, 3.63) is 0 Å². The Bertz CT molecular complexity index is 397. The van der Waals surface area contributed by atoms with Gasteiger partial charge in [0, 0.05) is 12.1 Å². The third kappa shape index (κ3) is 3.46. The van der Waals surface area contributed by atoms with E-state index in [2.05, 4.69) is 39.9 Å². The minimum atomic E-state index is 0.627. The van der Waals surface area contributed by atoms with Crippen LogP contribution in [0.3, 0.4) is 0 Å². The highest BCUT2D eigenvalue weighted by molar-refractivity contribution is 6.47. The molecule has 4 aliphatic rings. The Balaban J connectivity index is 1.79. The molecular formula is C22H41BN. The molecule has 1 saturated carbocycles. The Labute approximate surface area is 152 Å². The van der Waals surface area contributed by atoms with E-state index in [0.717, 1.165) is 29.7 Å². The molecule has 3 saturated heterocycles. The van der Waals surface area contributed by atoms with E-state index in [9.17, 15) is 0 Å². The smallest absolute Gasteiger partial charge is 0.124 e. The normalized spacial score (nSPS) is 43.4. The van der Waals surface area contributed by atoms with Crippen molar-refractivity contribution in [2.45, 2.75) is 122 Å². The van der Waals surface area contributed by atoms with Crippen LogP contribution in [-0.2, 0) is 0 Å². The molecular weight excluding hydrogens is 289 g/mol. The predicted molar refractivity (Wildman–Crippen MR) is 107 cm³/mol. The monoisotopic (exact) mass is 330 g/mol. The van der Waals surface area contributed by atoms with Crippen molar-refractivity contribution in [1.29, 1.82) is 0 Å². The molecule has 24 heavy (non-hydrogen) atoms. The van der Waals surface area contributed by atoms with Crippen LogP contribution in [0.2, 0.25) is 11.1 Å². The fraction of sp³-hybridized carbons (Fsp3) is 1.00. The van der Waals surface area contributed by atoms with Crippen molar-refractivity contribution >= 4 is 7.28 Å². The second-order valence-electron chi connectivity index (χ2n) is 9.35. The molecule has 1 spiro atoms. The molecule has 0 aromatic heterocycles. The van der Waals surface area contributed by atoms with Crippen LogP contribution in [0.25, 0.3) is 0 Å². The van der Waals surface area contributed by atoms with Gasteiger partial charge in [-0.05, 0) is 31.7 Å². The second-order valence-corrected chi connectivity index (χ2v) is 9.35. The van der Waals surface area contributed by atoms with Crippen LogP contribution >= 0.6 is 0 Å². The van der Waals surface area contributed by atoms with Crippen LogP contribution in [0, 0.1) is 11.8 Å². The van der Waals surface area contributed by atoms with E-state index >= 15 is 0 Å². The van der Waals surface area contributed by atoms with Crippen molar-refractivity contribution in [3.8, 4) is 0 Å².